The minimum absolute atomic E-state index is 0.0271. The number of para-hydroxylation sites is 1. The van der Waals surface area contributed by atoms with Gasteiger partial charge in [0.25, 0.3) is 0 Å². The predicted molar refractivity (Wildman–Crippen MR) is 190 cm³/mol. The number of nitrogens with one attached hydrogen (secondary N) is 2. The molecular formula is C39H48N6O3. The molecule has 48 heavy (non-hydrogen) atoms. The fourth-order valence-corrected chi connectivity index (χ4v) is 8.28. The maximum absolute atomic E-state index is 14.8. The molecule has 2 aliphatic heterocycles. The number of pyridine rings is 1. The number of likely N-dealkylation sites (tertiary alicyclic amines) is 1. The van der Waals surface area contributed by atoms with Crippen LogP contribution in [0.15, 0.2) is 73.1 Å². The number of H-pyrrole nitrogens is 1. The molecule has 252 valence electrons. The van der Waals surface area contributed by atoms with Crippen molar-refractivity contribution in [3.05, 3.63) is 89.9 Å². The Hall–Kier alpha value is -4.21. The summed E-state index contributed by atoms with van der Waals surface area (Å²) in [5, 5.41) is 4.49. The van der Waals surface area contributed by atoms with Gasteiger partial charge in [0.15, 0.2) is 0 Å². The van der Waals surface area contributed by atoms with Gasteiger partial charge < -0.3 is 29.7 Å². The Kier molecular flexibility index (Phi) is 8.77. The number of hydrogen-bond acceptors (Lipinski definition) is 6. The zero-order valence-electron chi connectivity index (χ0n) is 28.7. The van der Waals surface area contributed by atoms with Gasteiger partial charge in [0.2, 0.25) is 11.8 Å². The van der Waals surface area contributed by atoms with Crippen LogP contribution in [0.25, 0.3) is 10.9 Å². The predicted octanol–water partition coefficient (Wildman–Crippen LogP) is 5.97. The number of ether oxygens (including phenoxy) is 1. The first kappa shape index (κ1) is 32.3. The van der Waals surface area contributed by atoms with Crippen LogP contribution in [0.2, 0.25) is 0 Å². The highest BCUT2D eigenvalue weighted by Crippen LogP contribution is 2.67. The van der Waals surface area contributed by atoms with E-state index in [-0.39, 0.29) is 29.1 Å². The minimum atomic E-state index is -0.993. The first-order valence-corrected chi connectivity index (χ1v) is 17.4. The fourth-order valence-electron chi connectivity index (χ4n) is 8.28. The second-order valence-electron chi connectivity index (χ2n) is 14.6. The summed E-state index contributed by atoms with van der Waals surface area (Å²) in [5.41, 5.74) is 5.36. The molecule has 2 N–H and O–H groups in total. The highest BCUT2D eigenvalue weighted by Gasteiger charge is 2.60. The molecule has 0 radical (unpaired) electrons. The number of carbonyl (C=O) groups is 2. The summed E-state index contributed by atoms with van der Waals surface area (Å²) in [5.74, 6) is 0.328. The molecule has 9 heteroatoms. The molecule has 2 atom stereocenters. The normalized spacial score (nSPS) is 22.0. The van der Waals surface area contributed by atoms with Crippen molar-refractivity contribution in [1.82, 2.24) is 19.8 Å². The minimum Gasteiger partial charge on any atom is -0.378 e. The number of aromatic nitrogens is 2. The molecule has 2 amide bonds. The number of aryl methyl sites for hydroxylation is 1. The third-order valence-corrected chi connectivity index (χ3v) is 11.3. The lowest BCUT2D eigenvalue weighted by Gasteiger charge is -2.47. The van der Waals surface area contributed by atoms with E-state index in [1.54, 1.807) is 6.20 Å². The Morgan fingerprint density at radius 3 is 2.44 bits per heavy atom. The van der Waals surface area contributed by atoms with Crippen LogP contribution < -0.4 is 10.2 Å². The Morgan fingerprint density at radius 1 is 1.00 bits per heavy atom. The van der Waals surface area contributed by atoms with Crippen LogP contribution in [0, 0.1) is 18.3 Å². The van der Waals surface area contributed by atoms with Crippen molar-refractivity contribution in [2.45, 2.75) is 58.0 Å². The Balaban J connectivity index is 1.18. The largest absolute Gasteiger partial charge is 0.378 e. The van der Waals surface area contributed by atoms with Gasteiger partial charge in [-0.15, -0.1) is 0 Å². The monoisotopic (exact) mass is 648 g/mol. The van der Waals surface area contributed by atoms with E-state index in [0.717, 1.165) is 61.8 Å². The standard InChI is InChI=1S/C39H48N6O3/c1-27-35(31-9-5-6-10-33(31)41-27)36-32(38(36,2)3)24-34(46)45(26-28-8-7-17-40-25-28)39(15-18-43(4)19-16-39)37(47)42-29-11-13-30(14-12-29)44-20-22-48-23-21-44/h5-14,17,25,32,36,41H,15-16,18-24,26H2,1-4H3,(H,42,47)/t32-,36-/m0/s1. The van der Waals surface area contributed by atoms with Crippen LogP contribution in [0.3, 0.4) is 0 Å². The number of rotatable bonds is 9. The van der Waals surface area contributed by atoms with Gasteiger partial charge in [-0.25, -0.2) is 0 Å². The van der Waals surface area contributed by atoms with E-state index in [1.807, 2.05) is 35.4 Å². The molecule has 1 saturated carbocycles. The molecule has 4 aromatic rings. The highest BCUT2D eigenvalue weighted by molar-refractivity contribution is 6.01. The van der Waals surface area contributed by atoms with Crippen molar-refractivity contribution in [2.75, 3.05) is 56.7 Å². The van der Waals surface area contributed by atoms with E-state index in [4.69, 9.17) is 4.74 Å². The van der Waals surface area contributed by atoms with Crippen LogP contribution in [0.5, 0.6) is 0 Å². The molecule has 3 fully saturated rings. The van der Waals surface area contributed by atoms with Crippen molar-refractivity contribution < 1.29 is 14.3 Å². The number of nitrogens with zero attached hydrogens (tertiary/aromatic N) is 4. The zero-order chi connectivity index (χ0) is 33.5. The van der Waals surface area contributed by atoms with Crippen molar-refractivity contribution in [1.29, 1.82) is 0 Å². The zero-order valence-corrected chi connectivity index (χ0v) is 28.7. The van der Waals surface area contributed by atoms with Gasteiger partial charge in [0.1, 0.15) is 5.54 Å². The Bertz CT molecular complexity index is 1750. The molecule has 9 nitrogen and oxygen atoms in total. The molecular weight excluding hydrogens is 600 g/mol. The second-order valence-corrected chi connectivity index (χ2v) is 14.6. The number of anilines is 2. The number of benzene rings is 2. The second kappa shape index (κ2) is 13.0. The van der Waals surface area contributed by atoms with Gasteiger partial charge in [-0.05, 0) is 91.6 Å². The maximum Gasteiger partial charge on any atom is 0.250 e. The number of piperidine rings is 1. The Morgan fingerprint density at radius 2 is 1.73 bits per heavy atom. The molecule has 7 rings (SSSR count). The van der Waals surface area contributed by atoms with Gasteiger partial charge >= 0.3 is 0 Å². The number of aromatic amines is 1. The number of fused-ring (bicyclic) bond motifs is 1. The van der Waals surface area contributed by atoms with Crippen molar-refractivity contribution in [2.24, 2.45) is 11.3 Å². The summed E-state index contributed by atoms with van der Waals surface area (Å²) in [6.07, 6.45) is 5.06. The molecule has 2 aromatic heterocycles. The molecule has 1 aliphatic carbocycles. The number of morpholine rings is 1. The van der Waals surface area contributed by atoms with Gasteiger partial charge in [-0.3, -0.25) is 14.6 Å². The Labute approximate surface area is 283 Å². The molecule has 2 saturated heterocycles. The van der Waals surface area contributed by atoms with Crippen LogP contribution in [0.1, 0.15) is 55.8 Å². The van der Waals surface area contributed by atoms with E-state index >= 15 is 0 Å². The van der Waals surface area contributed by atoms with E-state index < -0.39 is 5.54 Å². The van der Waals surface area contributed by atoms with E-state index in [1.165, 1.54) is 16.6 Å². The lowest BCUT2D eigenvalue weighted by atomic mass is 9.83. The van der Waals surface area contributed by atoms with Crippen LogP contribution in [0.4, 0.5) is 11.4 Å². The summed E-state index contributed by atoms with van der Waals surface area (Å²) in [6, 6.07) is 20.4. The molecule has 3 aliphatic rings. The van der Waals surface area contributed by atoms with Gasteiger partial charge in [-0.2, -0.15) is 0 Å². The van der Waals surface area contributed by atoms with Crippen molar-refractivity contribution >= 4 is 34.1 Å². The van der Waals surface area contributed by atoms with Gasteiger partial charge in [-0.1, -0.05) is 38.1 Å². The number of hydrogen-bond donors (Lipinski definition) is 2. The van der Waals surface area contributed by atoms with Crippen LogP contribution >= 0.6 is 0 Å². The molecule has 4 heterocycles. The van der Waals surface area contributed by atoms with E-state index in [9.17, 15) is 9.59 Å². The quantitative estimate of drug-likeness (QED) is 0.232. The van der Waals surface area contributed by atoms with Crippen LogP contribution in [-0.4, -0.2) is 83.6 Å². The van der Waals surface area contributed by atoms with Gasteiger partial charge in [0.05, 0.1) is 13.2 Å². The van der Waals surface area contributed by atoms with Crippen molar-refractivity contribution in [3.63, 3.8) is 0 Å². The maximum atomic E-state index is 14.8. The average molecular weight is 649 g/mol. The van der Waals surface area contributed by atoms with Crippen molar-refractivity contribution in [3.8, 4) is 0 Å². The van der Waals surface area contributed by atoms with Crippen LogP contribution in [-0.2, 0) is 20.9 Å². The first-order valence-electron chi connectivity index (χ1n) is 17.4. The smallest absolute Gasteiger partial charge is 0.250 e. The third kappa shape index (κ3) is 6.10. The fraction of sp³-hybridized carbons (Fsp3) is 0.462. The SMILES string of the molecule is Cc1[nH]c2ccccc2c1[C@@H]1[C@H](CC(=O)N(Cc2cccnc2)C2(C(=O)Nc3ccc(N4CCOCC4)cc3)CCN(C)CC2)C1(C)C. The van der Waals surface area contributed by atoms with E-state index in [2.05, 4.69) is 89.3 Å². The highest BCUT2D eigenvalue weighted by atomic mass is 16.5. The summed E-state index contributed by atoms with van der Waals surface area (Å²) in [7, 11) is 2.08. The molecule has 2 aromatic carbocycles. The lowest BCUT2D eigenvalue weighted by Crippen LogP contribution is -2.62. The van der Waals surface area contributed by atoms with E-state index in [0.29, 0.717) is 25.8 Å². The summed E-state index contributed by atoms with van der Waals surface area (Å²) >= 11 is 0. The number of amides is 2. The first-order chi connectivity index (χ1) is 23.2. The summed E-state index contributed by atoms with van der Waals surface area (Å²) in [6.45, 7) is 11.6. The summed E-state index contributed by atoms with van der Waals surface area (Å²) < 4.78 is 5.51. The molecule has 0 unspecified atom stereocenters. The topological polar surface area (TPSA) is 93.8 Å². The molecule has 0 spiro atoms. The number of carbonyl (C=O) groups excluding carboxylic acids is 2. The van der Waals surface area contributed by atoms with Gasteiger partial charge in [0, 0.05) is 79.5 Å². The molecule has 0 bridgehead atoms. The third-order valence-electron chi connectivity index (χ3n) is 11.3. The average Bonchev–Trinajstić information content (AvgIpc) is 3.45. The lowest BCUT2D eigenvalue weighted by molar-refractivity contribution is -0.150. The summed E-state index contributed by atoms with van der Waals surface area (Å²) in [4.78, 5) is 43.8.